The molecule has 0 spiro atoms. The van der Waals surface area contributed by atoms with E-state index in [1.54, 1.807) is 11.8 Å². The largest absolute Gasteiger partial charge is 0.452 e. The van der Waals surface area contributed by atoms with E-state index in [0.717, 1.165) is 38.8 Å². The van der Waals surface area contributed by atoms with Gasteiger partial charge in [-0.3, -0.25) is 4.79 Å². The van der Waals surface area contributed by atoms with Crippen LogP contribution in [0.2, 0.25) is 0 Å². The number of carbonyl (C=O) groups excluding carboxylic acids is 2. The van der Waals surface area contributed by atoms with E-state index in [1.165, 1.54) is 0 Å². The van der Waals surface area contributed by atoms with Gasteiger partial charge in [-0.1, -0.05) is 31.8 Å². The molecule has 0 aliphatic carbocycles. The predicted molar refractivity (Wildman–Crippen MR) is 80.7 cm³/mol. The van der Waals surface area contributed by atoms with Crippen molar-refractivity contribution in [1.29, 1.82) is 0 Å². The molecule has 1 aromatic heterocycles. The molecule has 1 aromatic rings. The van der Waals surface area contributed by atoms with Crippen LogP contribution >= 0.6 is 0 Å². The summed E-state index contributed by atoms with van der Waals surface area (Å²) >= 11 is 0. The highest BCUT2D eigenvalue weighted by atomic mass is 16.5. The summed E-state index contributed by atoms with van der Waals surface area (Å²) in [4.78, 5) is 26.1. The fourth-order valence-electron chi connectivity index (χ4n) is 2.64. The van der Waals surface area contributed by atoms with Gasteiger partial charge in [0, 0.05) is 19.0 Å². The molecular formula is C16H24N2O4. The Morgan fingerprint density at radius 2 is 1.86 bits per heavy atom. The second kappa shape index (κ2) is 7.42. The van der Waals surface area contributed by atoms with Crippen molar-refractivity contribution < 1.29 is 18.8 Å². The Kier molecular flexibility index (Phi) is 5.57. The Hall–Kier alpha value is -1.85. The number of nitrogens with zero attached hydrogens (tertiary/aromatic N) is 2. The maximum atomic E-state index is 12.2. The van der Waals surface area contributed by atoms with Crippen LogP contribution < -0.4 is 0 Å². The molecular weight excluding hydrogens is 284 g/mol. The highest BCUT2D eigenvalue weighted by Gasteiger charge is 2.25. The SMILES string of the molecule is Cc1noc(C(C)C)c1C(=O)OCC(=O)N1CCCCCC1. The molecule has 22 heavy (non-hydrogen) atoms. The Bertz CT molecular complexity index is 528. The van der Waals surface area contributed by atoms with Gasteiger partial charge in [0.15, 0.2) is 12.4 Å². The summed E-state index contributed by atoms with van der Waals surface area (Å²) in [6, 6.07) is 0. The maximum absolute atomic E-state index is 12.2. The quantitative estimate of drug-likeness (QED) is 0.800. The number of aromatic nitrogens is 1. The van der Waals surface area contributed by atoms with Gasteiger partial charge in [0.25, 0.3) is 5.91 Å². The summed E-state index contributed by atoms with van der Waals surface area (Å²) in [5.41, 5.74) is 0.842. The van der Waals surface area contributed by atoms with Crippen LogP contribution in [0.15, 0.2) is 4.52 Å². The number of hydrogen-bond acceptors (Lipinski definition) is 5. The summed E-state index contributed by atoms with van der Waals surface area (Å²) in [5.74, 6) is -0.129. The standard InChI is InChI=1S/C16H24N2O4/c1-11(2)15-14(12(3)17-22-15)16(20)21-10-13(19)18-8-6-4-5-7-9-18/h11H,4-10H2,1-3H3. The van der Waals surface area contributed by atoms with Crippen LogP contribution in [0.3, 0.4) is 0 Å². The molecule has 0 aromatic carbocycles. The number of esters is 1. The number of aryl methyl sites for hydroxylation is 1. The zero-order chi connectivity index (χ0) is 16.1. The maximum Gasteiger partial charge on any atom is 0.344 e. The lowest BCUT2D eigenvalue weighted by Gasteiger charge is -2.19. The number of amides is 1. The smallest absolute Gasteiger partial charge is 0.344 e. The fraction of sp³-hybridized carbons (Fsp3) is 0.688. The molecule has 6 nitrogen and oxygen atoms in total. The molecule has 0 atom stereocenters. The van der Waals surface area contributed by atoms with Crippen LogP contribution in [0.25, 0.3) is 0 Å². The summed E-state index contributed by atoms with van der Waals surface area (Å²) in [7, 11) is 0. The highest BCUT2D eigenvalue weighted by Crippen LogP contribution is 2.23. The van der Waals surface area contributed by atoms with Gasteiger partial charge in [-0.15, -0.1) is 0 Å². The first-order valence-corrected chi connectivity index (χ1v) is 7.91. The molecule has 1 aliphatic heterocycles. The molecule has 0 N–H and O–H groups in total. The zero-order valence-electron chi connectivity index (χ0n) is 13.6. The third-order valence-corrected chi connectivity index (χ3v) is 3.90. The average molecular weight is 308 g/mol. The van der Waals surface area contributed by atoms with Crippen molar-refractivity contribution in [1.82, 2.24) is 10.1 Å². The molecule has 0 bridgehead atoms. The van der Waals surface area contributed by atoms with E-state index in [-0.39, 0.29) is 18.4 Å². The number of likely N-dealkylation sites (tertiary alicyclic amines) is 1. The monoisotopic (exact) mass is 308 g/mol. The summed E-state index contributed by atoms with van der Waals surface area (Å²) in [6.45, 7) is 6.81. The van der Waals surface area contributed by atoms with Crippen LogP contribution in [0.1, 0.15) is 67.3 Å². The molecule has 6 heteroatoms. The van der Waals surface area contributed by atoms with Gasteiger partial charge in [0.05, 0.1) is 5.69 Å². The summed E-state index contributed by atoms with van der Waals surface area (Å²) in [5, 5.41) is 3.82. The number of hydrogen-bond donors (Lipinski definition) is 0. The van der Waals surface area contributed by atoms with Crippen LogP contribution in [0, 0.1) is 6.92 Å². The van der Waals surface area contributed by atoms with E-state index in [4.69, 9.17) is 9.26 Å². The third kappa shape index (κ3) is 3.87. The molecule has 2 rings (SSSR count). The normalized spacial score (nSPS) is 15.7. The number of ether oxygens (including phenoxy) is 1. The number of carbonyl (C=O) groups is 2. The lowest BCUT2D eigenvalue weighted by Crippen LogP contribution is -2.35. The minimum atomic E-state index is -0.536. The zero-order valence-corrected chi connectivity index (χ0v) is 13.6. The van der Waals surface area contributed by atoms with Crippen LogP contribution in [0.5, 0.6) is 0 Å². The molecule has 2 heterocycles. The lowest BCUT2D eigenvalue weighted by atomic mass is 10.1. The van der Waals surface area contributed by atoms with Gasteiger partial charge in [-0.25, -0.2) is 4.79 Å². The van der Waals surface area contributed by atoms with E-state index in [1.807, 2.05) is 13.8 Å². The van der Waals surface area contributed by atoms with Crippen molar-refractivity contribution in [3.63, 3.8) is 0 Å². The molecule has 122 valence electrons. The van der Waals surface area contributed by atoms with Gasteiger partial charge < -0.3 is 14.2 Å². The second-order valence-corrected chi connectivity index (χ2v) is 6.03. The minimum Gasteiger partial charge on any atom is -0.452 e. The average Bonchev–Trinajstić information content (AvgIpc) is 2.71. The van der Waals surface area contributed by atoms with Gasteiger partial charge in [-0.2, -0.15) is 0 Å². The topological polar surface area (TPSA) is 72.6 Å². The molecule has 0 unspecified atom stereocenters. The van der Waals surface area contributed by atoms with Crippen molar-refractivity contribution >= 4 is 11.9 Å². The van der Waals surface area contributed by atoms with Gasteiger partial charge in [0.2, 0.25) is 0 Å². The van der Waals surface area contributed by atoms with E-state index in [9.17, 15) is 9.59 Å². The highest BCUT2D eigenvalue weighted by molar-refractivity contribution is 5.93. The molecule has 0 radical (unpaired) electrons. The molecule has 1 amide bonds. The lowest BCUT2D eigenvalue weighted by molar-refractivity contribution is -0.134. The first kappa shape index (κ1) is 16.5. The van der Waals surface area contributed by atoms with Crippen LogP contribution in [0.4, 0.5) is 0 Å². The van der Waals surface area contributed by atoms with E-state index < -0.39 is 5.97 Å². The molecule has 0 saturated carbocycles. The van der Waals surface area contributed by atoms with E-state index >= 15 is 0 Å². The first-order chi connectivity index (χ1) is 10.5. The Morgan fingerprint density at radius 3 is 2.45 bits per heavy atom. The summed E-state index contributed by atoms with van der Waals surface area (Å²) < 4.78 is 10.4. The van der Waals surface area contributed by atoms with Crippen LogP contribution in [-0.4, -0.2) is 41.6 Å². The Morgan fingerprint density at radius 1 is 1.23 bits per heavy atom. The van der Waals surface area contributed by atoms with E-state index in [0.29, 0.717) is 17.0 Å². The Balaban J connectivity index is 1.95. The van der Waals surface area contributed by atoms with Crippen molar-refractivity contribution in [2.75, 3.05) is 19.7 Å². The van der Waals surface area contributed by atoms with Crippen molar-refractivity contribution in [3.8, 4) is 0 Å². The van der Waals surface area contributed by atoms with E-state index in [2.05, 4.69) is 5.16 Å². The second-order valence-electron chi connectivity index (χ2n) is 6.03. The Labute approximate surface area is 130 Å². The van der Waals surface area contributed by atoms with Crippen molar-refractivity contribution in [2.24, 2.45) is 0 Å². The van der Waals surface area contributed by atoms with Gasteiger partial charge in [-0.05, 0) is 19.8 Å². The number of rotatable bonds is 4. The van der Waals surface area contributed by atoms with Gasteiger partial charge >= 0.3 is 5.97 Å². The van der Waals surface area contributed by atoms with Gasteiger partial charge in [0.1, 0.15) is 5.56 Å². The minimum absolute atomic E-state index is 0.0325. The summed E-state index contributed by atoms with van der Waals surface area (Å²) in [6.07, 6.45) is 4.34. The molecule has 1 fully saturated rings. The third-order valence-electron chi connectivity index (χ3n) is 3.90. The molecule has 1 saturated heterocycles. The van der Waals surface area contributed by atoms with Crippen LogP contribution in [-0.2, 0) is 9.53 Å². The van der Waals surface area contributed by atoms with Crippen molar-refractivity contribution in [2.45, 2.75) is 52.4 Å². The molecule has 1 aliphatic rings. The fourth-order valence-corrected chi connectivity index (χ4v) is 2.64. The van der Waals surface area contributed by atoms with Crippen molar-refractivity contribution in [3.05, 3.63) is 17.0 Å². The predicted octanol–water partition coefficient (Wildman–Crippen LogP) is 2.67. The first-order valence-electron chi connectivity index (χ1n) is 7.91.